The fourth-order valence-electron chi connectivity index (χ4n) is 1.16. The van der Waals surface area contributed by atoms with Crippen molar-refractivity contribution < 1.29 is 5.11 Å². The van der Waals surface area contributed by atoms with Gasteiger partial charge in [0.25, 0.3) is 0 Å². The highest BCUT2D eigenvalue weighted by atomic mass is 16.3. The normalized spacial score (nSPS) is 15.7. The van der Waals surface area contributed by atoms with E-state index in [1.54, 1.807) is 13.1 Å². The average Bonchev–Trinajstić information content (AvgIpc) is 2.04. The van der Waals surface area contributed by atoms with Crippen LogP contribution in [-0.2, 0) is 0 Å². The van der Waals surface area contributed by atoms with E-state index in [4.69, 9.17) is 5.73 Å². The Kier molecular flexibility index (Phi) is 2.78. The van der Waals surface area contributed by atoms with Gasteiger partial charge in [-0.2, -0.15) is 0 Å². The third-order valence-corrected chi connectivity index (χ3v) is 1.76. The lowest BCUT2D eigenvalue weighted by molar-refractivity contribution is 0.192. The Labute approximate surface area is 72.2 Å². The van der Waals surface area contributed by atoms with Crippen LogP contribution in [0.3, 0.4) is 0 Å². The van der Waals surface area contributed by atoms with E-state index in [2.05, 4.69) is 4.98 Å². The van der Waals surface area contributed by atoms with Crippen molar-refractivity contribution >= 4 is 0 Å². The van der Waals surface area contributed by atoms with Crippen LogP contribution in [0.4, 0.5) is 0 Å². The molecule has 1 aromatic rings. The largest absolute Gasteiger partial charge is 0.387 e. The molecule has 0 spiro atoms. The minimum Gasteiger partial charge on any atom is -0.387 e. The Morgan fingerprint density at radius 3 is 2.58 bits per heavy atom. The Bertz CT molecular complexity index is 231. The van der Waals surface area contributed by atoms with Gasteiger partial charge in [0, 0.05) is 12.2 Å². The highest BCUT2D eigenvalue weighted by molar-refractivity contribution is 5.24. The number of aromatic nitrogens is 1. The summed E-state index contributed by atoms with van der Waals surface area (Å²) in [5, 5.41) is 9.34. The van der Waals surface area contributed by atoms with Crippen molar-refractivity contribution in [3.63, 3.8) is 0 Å². The first-order valence-corrected chi connectivity index (χ1v) is 4.01. The van der Waals surface area contributed by atoms with Crippen molar-refractivity contribution in [3.8, 4) is 0 Å². The molecule has 0 saturated carbocycles. The van der Waals surface area contributed by atoms with Gasteiger partial charge >= 0.3 is 0 Å². The number of aliphatic hydroxyl groups is 1. The fraction of sp³-hybridized carbons (Fsp3) is 0.444. The van der Waals surface area contributed by atoms with E-state index < -0.39 is 6.10 Å². The molecule has 1 rings (SSSR count). The van der Waals surface area contributed by atoms with Crippen molar-refractivity contribution in [1.82, 2.24) is 4.98 Å². The summed E-state index contributed by atoms with van der Waals surface area (Å²) < 4.78 is 0. The van der Waals surface area contributed by atoms with Crippen LogP contribution < -0.4 is 5.73 Å². The molecular weight excluding hydrogens is 152 g/mol. The van der Waals surface area contributed by atoms with Gasteiger partial charge in [0.1, 0.15) is 0 Å². The van der Waals surface area contributed by atoms with Crippen LogP contribution in [0.25, 0.3) is 0 Å². The highest BCUT2D eigenvalue weighted by Gasteiger charge is 2.10. The number of pyridine rings is 1. The third-order valence-electron chi connectivity index (χ3n) is 1.76. The van der Waals surface area contributed by atoms with Gasteiger partial charge in [0.15, 0.2) is 0 Å². The summed E-state index contributed by atoms with van der Waals surface area (Å²) in [6, 6.07) is 3.63. The second-order valence-corrected chi connectivity index (χ2v) is 2.94. The Morgan fingerprint density at radius 1 is 1.50 bits per heavy atom. The maximum Gasteiger partial charge on any atom is 0.0935 e. The lowest BCUT2D eigenvalue weighted by atomic mass is 10.0. The first-order chi connectivity index (χ1) is 5.63. The molecule has 12 heavy (non-hydrogen) atoms. The molecule has 0 radical (unpaired) electrons. The quantitative estimate of drug-likeness (QED) is 0.693. The zero-order valence-electron chi connectivity index (χ0n) is 7.36. The topological polar surface area (TPSA) is 59.1 Å². The number of nitrogens with two attached hydrogens (primary N) is 1. The molecule has 0 aliphatic carbocycles. The summed E-state index contributed by atoms with van der Waals surface area (Å²) in [5.41, 5.74) is 7.28. The van der Waals surface area contributed by atoms with Crippen LogP contribution in [0, 0.1) is 0 Å². The van der Waals surface area contributed by atoms with E-state index >= 15 is 0 Å². The molecule has 0 aromatic carbocycles. The maximum atomic E-state index is 9.34. The molecule has 0 amide bonds. The predicted molar refractivity (Wildman–Crippen MR) is 47.5 cm³/mol. The second kappa shape index (κ2) is 3.65. The van der Waals surface area contributed by atoms with Gasteiger partial charge in [-0.3, -0.25) is 4.98 Å². The smallest absolute Gasteiger partial charge is 0.0935 e. The van der Waals surface area contributed by atoms with Crippen LogP contribution >= 0.6 is 0 Å². The molecule has 1 heterocycles. The number of aliphatic hydroxyl groups excluding tert-OH is 1. The zero-order chi connectivity index (χ0) is 9.14. The first-order valence-electron chi connectivity index (χ1n) is 4.01. The summed E-state index contributed by atoms with van der Waals surface area (Å²) in [5.74, 6) is 0. The molecule has 0 saturated heterocycles. The van der Waals surface area contributed by atoms with Crippen LogP contribution in [-0.4, -0.2) is 10.1 Å². The molecule has 0 bridgehead atoms. The first kappa shape index (κ1) is 9.16. The SMILES string of the molecule is CC(N)c1cccnc1C(C)O. The van der Waals surface area contributed by atoms with Crippen LogP contribution in [0.1, 0.15) is 37.3 Å². The second-order valence-electron chi connectivity index (χ2n) is 2.94. The molecule has 3 nitrogen and oxygen atoms in total. The summed E-state index contributed by atoms with van der Waals surface area (Å²) in [6.07, 6.45) is 1.11. The number of hydrogen-bond acceptors (Lipinski definition) is 3. The van der Waals surface area contributed by atoms with Gasteiger partial charge < -0.3 is 10.8 Å². The van der Waals surface area contributed by atoms with Crippen molar-refractivity contribution in [2.75, 3.05) is 0 Å². The molecule has 2 atom stereocenters. The Balaban J connectivity index is 3.09. The third kappa shape index (κ3) is 1.81. The molecule has 66 valence electrons. The predicted octanol–water partition coefficient (Wildman–Crippen LogP) is 1.15. The zero-order valence-corrected chi connectivity index (χ0v) is 7.36. The standard InChI is InChI=1S/C9H14N2O/c1-6(10)8-4-3-5-11-9(8)7(2)12/h3-7,12H,10H2,1-2H3. The molecular formula is C9H14N2O. The minimum absolute atomic E-state index is 0.0803. The molecule has 2 unspecified atom stereocenters. The van der Waals surface area contributed by atoms with E-state index in [-0.39, 0.29) is 6.04 Å². The lowest BCUT2D eigenvalue weighted by Crippen LogP contribution is -2.11. The van der Waals surface area contributed by atoms with Crippen LogP contribution in [0.2, 0.25) is 0 Å². The van der Waals surface area contributed by atoms with E-state index in [0.29, 0.717) is 5.69 Å². The van der Waals surface area contributed by atoms with Crippen molar-refractivity contribution in [3.05, 3.63) is 29.6 Å². The van der Waals surface area contributed by atoms with Gasteiger partial charge in [-0.25, -0.2) is 0 Å². The molecule has 0 aliphatic heterocycles. The number of rotatable bonds is 2. The maximum absolute atomic E-state index is 9.34. The summed E-state index contributed by atoms with van der Waals surface area (Å²) in [6.45, 7) is 3.57. The molecule has 3 N–H and O–H groups in total. The van der Waals surface area contributed by atoms with Crippen molar-refractivity contribution in [2.45, 2.75) is 26.0 Å². The molecule has 1 aromatic heterocycles. The van der Waals surface area contributed by atoms with Crippen molar-refractivity contribution in [2.24, 2.45) is 5.73 Å². The number of hydrogen-bond donors (Lipinski definition) is 2. The van der Waals surface area contributed by atoms with Crippen LogP contribution in [0.5, 0.6) is 0 Å². The van der Waals surface area contributed by atoms with Crippen molar-refractivity contribution in [1.29, 1.82) is 0 Å². The fourth-order valence-corrected chi connectivity index (χ4v) is 1.16. The lowest BCUT2D eigenvalue weighted by Gasteiger charge is -2.12. The van der Waals surface area contributed by atoms with Gasteiger partial charge in [0.2, 0.25) is 0 Å². The van der Waals surface area contributed by atoms with Gasteiger partial charge in [-0.05, 0) is 25.5 Å². The Morgan fingerprint density at radius 2 is 2.17 bits per heavy atom. The van der Waals surface area contributed by atoms with Gasteiger partial charge in [0.05, 0.1) is 11.8 Å². The highest BCUT2D eigenvalue weighted by Crippen LogP contribution is 2.18. The molecule has 0 fully saturated rings. The summed E-state index contributed by atoms with van der Waals surface area (Å²) in [4.78, 5) is 4.07. The average molecular weight is 166 g/mol. The van der Waals surface area contributed by atoms with Crippen LogP contribution in [0.15, 0.2) is 18.3 Å². The van der Waals surface area contributed by atoms with E-state index in [0.717, 1.165) is 5.56 Å². The molecule has 3 heteroatoms. The van der Waals surface area contributed by atoms with Gasteiger partial charge in [-0.15, -0.1) is 0 Å². The van der Waals surface area contributed by atoms with Gasteiger partial charge in [-0.1, -0.05) is 6.07 Å². The molecule has 0 aliphatic rings. The minimum atomic E-state index is -0.549. The summed E-state index contributed by atoms with van der Waals surface area (Å²) >= 11 is 0. The Hall–Kier alpha value is -0.930. The van der Waals surface area contributed by atoms with E-state index in [1.165, 1.54) is 0 Å². The van der Waals surface area contributed by atoms with E-state index in [9.17, 15) is 5.11 Å². The number of nitrogens with zero attached hydrogens (tertiary/aromatic N) is 1. The van der Waals surface area contributed by atoms with E-state index in [1.807, 2.05) is 19.1 Å². The monoisotopic (exact) mass is 166 g/mol. The summed E-state index contributed by atoms with van der Waals surface area (Å²) in [7, 11) is 0.